The average molecular weight is 410 g/mol. The van der Waals surface area contributed by atoms with Gasteiger partial charge >= 0.3 is 0 Å². The lowest BCUT2D eigenvalue weighted by atomic mass is 10.2. The molecule has 0 unspecified atom stereocenters. The van der Waals surface area contributed by atoms with Gasteiger partial charge in [-0.15, -0.1) is 0 Å². The van der Waals surface area contributed by atoms with E-state index in [1.807, 2.05) is 13.8 Å². The lowest BCUT2D eigenvalue weighted by Crippen LogP contribution is -2.24. The fourth-order valence-corrected chi connectivity index (χ4v) is 3.18. The molecule has 0 aliphatic carbocycles. The van der Waals surface area contributed by atoms with Crippen LogP contribution in [-0.4, -0.2) is 37.8 Å². The predicted molar refractivity (Wildman–Crippen MR) is 108 cm³/mol. The molecule has 0 atom stereocenters. The molecule has 3 aromatic heterocycles. The van der Waals surface area contributed by atoms with E-state index < -0.39 is 5.82 Å². The zero-order chi connectivity index (χ0) is 21.1. The van der Waals surface area contributed by atoms with Gasteiger partial charge in [0.05, 0.1) is 18.9 Å². The van der Waals surface area contributed by atoms with E-state index in [1.54, 1.807) is 33.8 Å². The van der Waals surface area contributed by atoms with Crippen LogP contribution in [0.1, 0.15) is 19.4 Å². The normalized spacial score (nSPS) is 11.1. The van der Waals surface area contributed by atoms with Crippen LogP contribution < -0.4 is 4.90 Å². The van der Waals surface area contributed by atoms with Gasteiger partial charge in [0.15, 0.2) is 17.5 Å². The van der Waals surface area contributed by atoms with Gasteiger partial charge in [0, 0.05) is 24.7 Å². The standard InChI is InChI=1S/C21H20F2N6O/c1-3-28(4-2)20-16(23)12-25-19(26-20)17-11-18(21-24-9-10-30-21)29(27-17)13-14-7-5-6-8-15(14)22/h5-12H,3-4,13H2,1-2H3. The van der Waals surface area contributed by atoms with Crippen LogP contribution in [0, 0.1) is 11.6 Å². The molecule has 1 aromatic carbocycles. The minimum absolute atomic E-state index is 0.161. The highest BCUT2D eigenvalue weighted by Crippen LogP contribution is 2.26. The summed E-state index contributed by atoms with van der Waals surface area (Å²) in [5.74, 6) is -0.0307. The van der Waals surface area contributed by atoms with Crippen molar-refractivity contribution in [3.05, 3.63) is 66.2 Å². The first-order valence-corrected chi connectivity index (χ1v) is 9.59. The molecule has 3 heterocycles. The molecule has 0 aliphatic heterocycles. The van der Waals surface area contributed by atoms with Crippen molar-refractivity contribution in [2.24, 2.45) is 0 Å². The van der Waals surface area contributed by atoms with Crippen LogP contribution in [0.3, 0.4) is 0 Å². The largest absolute Gasteiger partial charge is 0.443 e. The summed E-state index contributed by atoms with van der Waals surface area (Å²) in [5, 5.41) is 4.54. The second kappa shape index (κ2) is 8.40. The highest BCUT2D eigenvalue weighted by molar-refractivity contribution is 5.61. The summed E-state index contributed by atoms with van der Waals surface area (Å²) < 4.78 is 35.5. The second-order valence-electron chi connectivity index (χ2n) is 6.54. The topological polar surface area (TPSA) is 72.9 Å². The Balaban J connectivity index is 1.79. The van der Waals surface area contributed by atoms with Gasteiger partial charge in [-0.1, -0.05) is 18.2 Å². The molecule has 0 aliphatic rings. The van der Waals surface area contributed by atoms with Gasteiger partial charge in [0.1, 0.15) is 23.5 Å². The van der Waals surface area contributed by atoms with Crippen LogP contribution in [0.4, 0.5) is 14.6 Å². The number of rotatable bonds is 7. The average Bonchev–Trinajstić information content (AvgIpc) is 3.42. The molecule has 0 bridgehead atoms. The van der Waals surface area contributed by atoms with Gasteiger partial charge in [-0.3, -0.25) is 4.68 Å². The molecule has 7 nitrogen and oxygen atoms in total. The van der Waals surface area contributed by atoms with E-state index in [2.05, 4.69) is 20.1 Å². The fourth-order valence-electron chi connectivity index (χ4n) is 3.18. The van der Waals surface area contributed by atoms with Crippen molar-refractivity contribution in [2.45, 2.75) is 20.4 Å². The lowest BCUT2D eigenvalue weighted by molar-refractivity contribution is 0.553. The van der Waals surface area contributed by atoms with E-state index in [9.17, 15) is 8.78 Å². The van der Waals surface area contributed by atoms with E-state index in [4.69, 9.17) is 4.42 Å². The third-order valence-corrected chi connectivity index (χ3v) is 4.73. The number of aromatic nitrogens is 5. The molecule has 0 N–H and O–H groups in total. The van der Waals surface area contributed by atoms with Crippen LogP contribution in [0.25, 0.3) is 23.1 Å². The number of oxazole rings is 1. The van der Waals surface area contributed by atoms with Crippen molar-refractivity contribution in [3.8, 4) is 23.1 Å². The second-order valence-corrected chi connectivity index (χ2v) is 6.54. The summed E-state index contributed by atoms with van der Waals surface area (Å²) in [6.07, 6.45) is 4.10. The number of halogens is 2. The first-order chi connectivity index (χ1) is 14.6. The van der Waals surface area contributed by atoms with Crippen LogP contribution in [0.2, 0.25) is 0 Å². The SMILES string of the molecule is CCN(CC)c1nc(-c2cc(-c3ncco3)n(Cc3ccccc3F)n2)ncc1F. The maximum Gasteiger partial charge on any atom is 0.244 e. The van der Waals surface area contributed by atoms with Gasteiger partial charge < -0.3 is 9.32 Å². The Labute approximate surface area is 172 Å². The van der Waals surface area contributed by atoms with Crippen molar-refractivity contribution < 1.29 is 13.2 Å². The molecule has 9 heteroatoms. The van der Waals surface area contributed by atoms with Crippen molar-refractivity contribution in [2.75, 3.05) is 18.0 Å². The van der Waals surface area contributed by atoms with Gasteiger partial charge in [-0.25, -0.2) is 23.7 Å². The zero-order valence-electron chi connectivity index (χ0n) is 16.6. The third kappa shape index (κ3) is 3.78. The van der Waals surface area contributed by atoms with E-state index in [0.29, 0.717) is 35.9 Å². The quantitative estimate of drug-likeness (QED) is 0.455. The molecule has 4 aromatic rings. The lowest BCUT2D eigenvalue weighted by Gasteiger charge is -2.20. The molecular weight excluding hydrogens is 390 g/mol. The summed E-state index contributed by atoms with van der Waals surface area (Å²) in [5.41, 5.74) is 1.41. The van der Waals surface area contributed by atoms with E-state index in [-0.39, 0.29) is 24.0 Å². The van der Waals surface area contributed by atoms with Crippen LogP contribution in [-0.2, 0) is 6.54 Å². The predicted octanol–water partition coefficient (Wildman–Crippen LogP) is 4.17. The number of anilines is 1. The molecule has 30 heavy (non-hydrogen) atoms. The summed E-state index contributed by atoms with van der Waals surface area (Å²) in [4.78, 5) is 14.5. The molecule has 154 valence electrons. The Bertz CT molecular complexity index is 1140. The number of nitrogens with zero attached hydrogens (tertiary/aromatic N) is 6. The Morgan fingerprint density at radius 3 is 2.57 bits per heavy atom. The van der Waals surface area contributed by atoms with Crippen LogP contribution >= 0.6 is 0 Å². The van der Waals surface area contributed by atoms with Crippen molar-refractivity contribution in [1.29, 1.82) is 0 Å². The van der Waals surface area contributed by atoms with E-state index in [1.165, 1.54) is 18.5 Å². The summed E-state index contributed by atoms with van der Waals surface area (Å²) >= 11 is 0. The van der Waals surface area contributed by atoms with Gasteiger partial charge in [-0.2, -0.15) is 5.10 Å². The van der Waals surface area contributed by atoms with Gasteiger partial charge in [0.25, 0.3) is 0 Å². The van der Waals surface area contributed by atoms with Crippen LogP contribution in [0.15, 0.2) is 53.4 Å². The van der Waals surface area contributed by atoms with Gasteiger partial charge in [-0.05, 0) is 19.9 Å². The molecule has 0 amide bonds. The number of hydrogen-bond donors (Lipinski definition) is 0. The Morgan fingerprint density at radius 2 is 1.87 bits per heavy atom. The van der Waals surface area contributed by atoms with Crippen molar-refractivity contribution >= 4 is 5.82 Å². The summed E-state index contributed by atoms with van der Waals surface area (Å²) in [7, 11) is 0. The number of hydrogen-bond acceptors (Lipinski definition) is 6. The van der Waals surface area contributed by atoms with Crippen molar-refractivity contribution in [1.82, 2.24) is 24.7 Å². The highest BCUT2D eigenvalue weighted by atomic mass is 19.1. The Hall–Kier alpha value is -3.62. The minimum Gasteiger partial charge on any atom is -0.443 e. The Morgan fingerprint density at radius 1 is 1.07 bits per heavy atom. The van der Waals surface area contributed by atoms with E-state index in [0.717, 1.165) is 6.20 Å². The fraction of sp³-hybridized carbons (Fsp3) is 0.238. The molecule has 0 spiro atoms. The Kier molecular flexibility index (Phi) is 5.51. The van der Waals surface area contributed by atoms with Gasteiger partial charge in [0.2, 0.25) is 5.89 Å². The maximum absolute atomic E-state index is 14.3. The first-order valence-electron chi connectivity index (χ1n) is 9.59. The third-order valence-electron chi connectivity index (χ3n) is 4.73. The molecular formula is C21H20F2N6O. The molecule has 0 saturated heterocycles. The summed E-state index contributed by atoms with van der Waals surface area (Å²) in [6.45, 7) is 5.22. The zero-order valence-corrected chi connectivity index (χ0v) is 16.6. The molecule has 0 radical (unpaired) electrons. The molecule has 4 rings (SSSR count). The molecule has 0 saturated carbocycles. The number of benzene rings is 1. The highest BCUT2D eigenvalue weighted by Gasteiger charge is 2.20. The van der Waals surface area contributed by atoms with Crippen molar-refractivity contribution in [3.63, 3.8) is 0 Å². The molecule has 0 fully saturated rings. The summed E-state index contributed by atoms with van der Waals surface area (Å²) in [6, 6.07) is 8.16. The maximum atomic E-state index is 14.3. The monoisotopic (exact) mass is 410 g/mol. The van der Waals surface area contributed by atoms with E-state index >= 15 is 0 Å². The smallest absolute Gasteiger partial charge is 0.244 e. The first kappa shape index (κ1) is 19.7. The van der Waals surface area contributed by atoms with Crippen LogP contribution in [0.5, 0.6) is 0 Å². The minimum atomic E-state index is -0.499.